The van der Waals surface area contributed by atoms with Gasteiger partial charge >= 0.3 is 0 Å². The molecule has 0 aliphatic carbocycles. The first-order valence-corrected chi connectivity index (χ1v) is 5.96. The van der Waals surface area contributed by atoms with Crippen molar-refractivity contribution in [1.82, 2.24) is 4.90 Å². The molecule has 2 heteroatoms. The van der Waals surface area contributed by atoms with Gasteiger partial charge in [0.05, 0.1) is 0 Å². The second-order valence-corrected chi connectivity index (χ2v) is 5.28. The number of alkyl halides is 1. The van der Waals surface area contributed by atoms with Crippen molar-refractivity contribution >= 4 is 11.6 Å². The lowest BCUT2D eigenvalue weighted by atomic mass is 9.85. The molecule has 0 saturated carbocycles. The number of hydrogen-bond donors (Lipinski definition) is 0. The fourth-order valence-corrected chi connectivity index (χ4v) is 2.11. The summed E-state index contributed by atoms with van der Waals surface area (Å²) < 4.78 is 0. The van der Waals surface area contributed by atoms with Crippen LogP contribution >= 0.6 is 11.6 Å². The SMILES string of the molecule is CC1(C)CCCN(CCCCl)CC1. The van der Waals surface area contributed by atoms with Gasteiger partial charge in [0.15, 0.2) is 0 Å². The standard InChI is InChI=1S/C11H22ClN/c1-11(2)5-3-8-13(10-6-11)9-4-7-12/h3-10H2,1-2H3. The molecule has 1 aliphatic rings. The van der Waals surface area contributed by atoms with Crippen LogP contribution in [-0.4, -0.2) is 30.4 Å². The van der Waals surface area contributed by atoms with Crippen LogP contribution < -0.4 is 0 Å². The van der Waals surface area contributed by atoms with Crippen molar-refractivity contribution in [2.75, 3.05) is 25.5 Å². The van der Waals surface area contributed by atoms with Crippen LogP contribution in [0.25, 0.3) is 0 Å². The molecule has 1 heterocycles. The minimum atomic E-state index is 0.565. The van der Waals surface area contributed by atoms with Gasteiger partial charge in [-0.05, 0) is 50.7 Å². The quantitative estimate of drug-likeness (QED) is 0.638. The Morgan fingerprint density at radius 3 is 2.69 bits per heavy atom. The van der Waals surface area contributed by atoms with Gasteiger partial charge in [-0.1, -0.05) is 13.8 Å². The summed E-state index contributed by atoms with van der Waals surface area (Å²) in [4.78, 5) is 2.57. The minimum absolute atomic E-state index is 0.565. The predicted octanol–water partition coefficient (Wildman–Crippen LogP) is 3.13. The molecule has 0 spiro atoms. The second kappa shape index (κ2) is 5.21. The first-order valence-electron chi connectivity index (χ1n) is 5.42. The molecule has 78 valence electrons. The molecule has 0 N–H and O–H groups in total. The van der Waals surface area contributed by atoms with E-state index in [4.69, 9.17) is 11.6 Å². The van der Waals surface area contributed by atoms with Gasteiger partial charge in [0.1, 0.15) is 0 Å². The second-order valence-electron chi connectivity index (χ2n) is 4.90. The molecular weight excluding hydrogens is 182 g/mol. The van der Waals surface area contributed by atoms with Gasteiger partial charge in [-0.3, -0.25) is 0 Å². The highest BCUT2D eigenvalue weighted by Gasteiger charge is 2.22. The van der Waals surface area contributed by atoms with Crippen LogP contribution in [-0.2, 0) is 0 Å². The van der Waals surface area contributed by atoms with Gasteiger partial charge < -0.3 is 4.90 Å². The maximum absolute atomic E-state index is 5.69. The van der Waals surface area contributed by atoms with E-state index in [-0.39, 0.29) is 0 Å². The number of halogens is 1. The molecular formula is C11H22ClN. The zero-order valence-electron chi connectivity index (χ0n) is 8.98. The first-order chi connectivity index (χ1) is 6.14. The molecule has 0 aromatic rings. The Labute approximate surface area is 87.4 Å². The summed E-state index contributed by atoms with van der Waals surface area (Å²) in [5.74, 6) is 0.805. The van der Waals surface area contributed by atoms with Crippen molar-refractivity contribution in [3.63, 3.8) is 0 Å². The highest BCUT2D eigenvalue weighted by Crippen LogP contribution is 2.29. The van der Waals surface area contributed by atoms with E-state index < -0.39 is 0 Å². The van der Waals surface area contributed by atoms with Crippen molar-refractivity contribution in [3.8, 4) is 0 Å². The van der Waals surface area contributed by atoms with Crippen LogP contribution in [0.15, 0.2) is 0 Å². The molecule has 1 fully saturated rings. The number of nitrogens with zero attached hydrogens (tertiary/aromatic N) is 1. The molecule has 0 aromatic heterocycles. The van der Waals surface area contributed by atoms with Gasteiger partial charge in [-0.2, -0.15) is 0 Å². The van der Waals surface area contributed by atoms with E-state index in [0.717, 1.165) is 12.3 Å². The first kappa shape index (κ1) is 11.3. The van der Waals surface area contributed by atoms with Crippen molar-refractivity contribution in [1.29, 1.82) is 0 Å². The lowest BCUT2D eigenvalue weighted by Crippen LogP contribution is -2.26. The molecule has 0 radical (unpaired) electrons. The van der Waals surface area contributed by atoms with E-state index in [9.17, 15) is 0 Å². The van der Waals surface area contributed by atoms with Crippen LogP contribution in [0.5, 0.6) is 0 Å². The van der Waals surface area contributed by atoms with Crippen molar-refractivity contribution < 1.29 is 0 Å². The fraction of sp³-hybridized carbons (Fsp3) is 1.00. The molecule has 0 unspecified atom stereocenters. The Kier molecular flexibility index (Phi) is 4.54. The topological polar surface area (TPSA) is 3.24 Å². The Balaban J connectivity index is 2.28. The maximum Gasteiger partial charge on any atom is 0.0235 e. The van der Waals surface area contributed by atoms with Crippen molar-refractivity contribution in [2.45, 2.75) is 39.5 Å². The number of hydrogen-bond acceptors (Lipinski definition) is 1. The van der Waals surface area contributed by atoms with Gasteiger partial charge in [0.25, 0.3) is 0 Å². The number of rotatable bonds is 3. The van der Waals surface area contributed by atoms with Gasteiger partial charge in [0, 0.05) is 5.88 Å². The molecule has 1 aliphatic heterocycles. The molecule has 1 nitrogen and oxygen atoms in total. The molecule has 13 heavy (non-hydrogen) atoms. The normalized spacial score (nSPS) is 24.2. The van der Waals surface area contributed by atoms with E-state index in [1.165, 1.54) is 38.9 Å². The fourth-order valence-electron chi connectivity index (χ4n) is 1.99. The third-order valence-electron chi connectivity index (χ3n) is 3.04. The molecule has 1 rings (SSSR count). The van der Waals surface area contributed by atoms with Gasteiger partial charge in [-0.15, -0.1) is 11.6 Å². The van der Waals surface area contributed by atoms with Crippen LogP contribution in [0.1, 0.15) is 39.5 Å². The monoisotopic (exact) mass is 203 g/mol. The van der Waals surface area contributed by atoms with E-state index in [2.05, 4.69) is 18.7 Å². The third kappa shape index (κ3) is 4.33. The summed E-state index contributed by atoms with van der Waals surface area (Å²) >= 11 is 5.69. The molecule has 0 bridgehead atoms. The summed E-state index contributed by atoms with van der Waals surface area (Å²) in [5, 5.41) is 0. The largest absolute Gasteiger partial charge is 0.303 e. The van der Waals surface area contributed by atoms with E-state index in [1.54, 1.807) is 0 Å². The Bertz CT molecular complexity index is 145. The Morgan fingerprint density at radius 1 is 1.23 bits per heavy atom. The maximum atomic E-state index is 5.69. The summed E-state index contributed by atoms with van der Waals surface area (Å²) in [6, 6.07) is 0. The zero-order chi connectivity index (χ0) is 9.73. The summed E-state index contributed by atoms with van der Waals surface area (Å²) in [6.07, 6.45) is 5.22. The average Bonchev–Trinajstić information content (AvgIpc) is 2.23. The molecule has 0 aromatic carbocycles. The van der Waals surface area contributed by atoms with Gasteiger partial charge in [-0.25, -0.2) is 0 Å². The summed E-state index contributed by atoms with van der Waals surface area (Å²) in [5.41, 5.74) is 0.565. The van der Waals surface area contributed by atoms with Crippen molar-refractivity contribution in [2.24, 2.45) is 5.41 Å². The minimum Gasteiger partial charge on any atom is -0.303 e. The Morgan fingerprint density at radius 2 is 2.00 bits per heavy atom. The van der Waals surface area contributed by atoms with Crippen LogP contribution in [0.4, 0.5) is 0 Å². The smallest absolute Gasteiger partial charge is 0.0235 e. The Hall–Kier alpha value is 0.250. The lowest BCUT2D eigenvalue weighted by Gasteiger charge is -2.23. The summed E-state index contributed by atoms with van der Waals surface area (Å²) in [6.45, 7) is 8.51. The van der Waals surface area contributed by atoms with E-state index >= 15 is 0 Å². The highest BCUT2D eigenvalue weighted by atomic mass is 35.5. The summed E-state index contributed by atoms with van der Waals surface area (Å²) in [7, 11) is 0. The van der Waals surface area contributed by atoms with E-state index in [0.29, 0.717) is 5.41 Å². The average molecular weight is 204 g/mol. The predicted molar refractivity (Wildman–Crippen MR) is 59.4 cm³/mol. The lowest BCUT2D eigenvalue weighted by molar-refractivity contribution is 0.263. The van der Waals surface area contributed by atoms with Crippen LogP contribution in [0, 0.1) is 5.41 Å². The molecule has 1 saturated heterocycles. The van der Waals surface area contributed by atoms with Crippen LogP contribution in [0.3, 0.4) is 0 Å². The third-order valence-corrected chi connectivity index (χ3v) is 3.31. The molecule has 0 atom stereocenters. The number of likely N-dealkylation sites (tertiary alicyclic amines) is 1. The molecule has 0 amide bonds. The highest BCUT2D eigenvalue weighted by molar-refractivity contribution is 6.17. The van der Waals surface area contributed by atoms with E-state index in [1.807, 2.05) is 0 Å². The zero-order valence-corrected chi connectivity index (χ0v) is 9.74. The van der Waals surface area contributed by atoms with Crippen LogP contribution in [0.2, 0.25) is 0 Å². The van der Waals surface area contributed by atoms with Gasteiger partial charge in [0.2, 0.25) is 0 Å². The van der Waals surface area contributed by atoms with Crippen molar-refractivity contribution in [3.05, 3.63) is 0 Å².